The molecule has 0 saturated carbocycles. The van der Waals surface area contributed by atoms with E-state index < -0.39 is 5.97 Å². The molecule has 1 aromatic heterocycles. The van der Waals surface area contributed by atoms with Crippen molar-refractivity contribution in [3.05, 3.63) is 24.0 Å². The monoisotopic (exact) mass is 224 g/mol. The van der Waals surface area contributed by atoms with Crippen LogP contribution in [0, 0.1) is 0 Å². The van der Waals surface area contributed by atoms with Gasteiger partial charge in [0.2, 0.25) is 0 Å². The summed E-state index contributed by atoms with van der Waals surface area (Å²) in [5.74, 6) is 1.26. The smallest absolute Gasteiger partial charge is 0.337 e. The highest BCUT2D eigenvalue weighted by atomic mass is 32.2. The number of rotatable bonds is 3. The van der Waals surface area contributed by atoms with Gasteiger partial charge in [-0.1, -0.05) is 0 Å². The molecule has 2 N–H and O–H groups in total. The molecule has 0 bridgehead atoms. The number of aromatic carboxylic acids is 1. The highest BCUT2D eigenvalue weighted by Crippen LogP contribution is 2.22. The largest absolute Gasteiger partial charge is 0.478 e. The summed E-state index contributed by atoms with van der Waals surface area (Å²) < 4.78 is 0. The summed E-state index contributed by atoms with van der Waals surface area (Å²) >= 11 is 1.89. The summed E-state index contributed by atoms with van der Waals surface area (Å²) in [5, 5.41) is 12.2. The lowest BCUT2D eigenvalue weighted by atomic mass is 10.2. The maximum Gasteiger partial charge on any atom is 0.337 e. The molecule has 1 unspecified atom stereocenters. The number of hydrogen-bond donors (Lipinski definition) is 2. The van der Waals surface area contributed by atoms with Gasteiger partial charge in [-0.3, -0.25) is 4.98 Å². The molecule has 0 aromatic carbocycles. The van der Waals surface area contributed by atoms with Crippen LogP contribution in [0.3, 0.4) is 0 Å². The Balaban J connectivity index is 2.15. The Bertz CT molecular complexity index is 364. The van der Waals surface area contributed by atoms with Crippen LogP contribution in [0.15, 0.2) is 18.5 Å². The fourth-order valence-corrected chi connectivity index (χ4v) is 2.72. The van der Waals surface area contributed by atoms with Crippen molar-refractivity contribution < 1.29 is 9.90 Å². The lowest BCUT2D eigenvalue weighted by Crippen LogP contribution is -2.20. The Labute approximate surface area is 92.1 Å². The van der Waals surface area contributed by atoms with Crippen LogP contribution in [0.2, 0.25) is 0 Å². The third kappa shape index (κ3) is 2.41. The van der Waals surface area contributed by atoms with Crippen LogP contribution in [0.4, 0.5) is 5.69 Å². The summed E-state index contributed by atoms with van der Waals surface area (Å²) in [5.41, 5.74) is 0.916. The van der Waals surface area contributed by atoms with Crippen molar-refractivity contribution >= 4 is 23.4 Å². The van der Waals surface area contributed by atoms with Gasteiger partial charge in [0, 0.05) is 18.0 Å². The van der Waals surface area contributed by atoms with Crippen molar-refractivity contribution in [2.75, 3.05) is 16.8 Å². The van der Waals surface area contributed by atoms with Gasteiger partial charge >= 0.3 is 5.97 Å². The molecule has 4 nitrogen and oxygen atoms in total. The molecule has 80 valence electrons. The molecule has 1 aliphatic rings. The molecule has 1 fully saturated rings. The van der Waals surface area contributed by atoms with E-state index in [1.165, 1.54) is 12.3 Å². The zero-order valence-corrected chi connectivity index (χ0v) is 8.96. The van der Waals surface area contributed by atoms with Gasteiger partial charge in [0.15, 0.2) is 0 Å². The number of aromatic nitrogens is 1. The van der Waals surface area contributed by atoms with E-state index in [1.807, 2.05) is 11.8 Å². The Morgan fingerprint density at radius 2 is 2.53 bits per heavy atom. The van der Waals surface area contributed by atoms with Gasteiger partial charge in [0.05, 0.1) is 17.4 Å². The highest BCUT2D eigenvalue weighted by molar-refractivity contribution is 7.99. The van der Waals surface area contributed by atoms with E-state index in [1.54, 1.807) is 6.20 Å². The first-order valence-electron chi connectivity index (χ1n) is 4.79. The number of hydrogen-bond acceptors (Lipinski definition) is 4. The average Bonchev–Trinajstić information content (AvgIpc) is 2.71. The summed E-state index contributed by atoms with van der Waals surface area (Å²) in [4.78, 5) is 14.9. The van der Waals surface area contributed by atoms with Gasteiger partial charge in [0.25, 0.3) is 0 Å². The van der Waals surface area contributed by atoms with E-state index in [4.69, 9.17) is 5.11 Å². The van der Waals surface area contributed by atoms with Gasteiger partial charge in [-0.25, -0.2) is 4.79 Å². The second-order valence-electron chi connectivity index (χ2n) is 3.43. The fraction of sp³-hybridized carbons (Fsp3) is 0.400. The van der Waals surface area contributed by atoms with Crippen molar-refractivity contribution in [2.45, 2.75) is 12.5 Å². The van der Waals surface area contributed by atoms with E-state index in [9.17, 15) is 4.79 Å². The van der Waals surface area contributed by atoms with Gasteiger partial charge < -0.3 is 10.4 Å². The highest BCUT2D eigenvalue weighted by Gasteiger charge is 2.18. The zero-order chi connectivity index (χ0) is 10.7. The summed E-state index contributed by atoms with van der Waals surface area (Å²) in [6.07, 6.45) is 4.16. The number of pyridine rings is 1. The van der Waals surface area contributed by atoms with E-state index in [-0.39, 0.29) is 0 Å². The topological polar surface area (TPSA) is 62.2 Å². The second-order valence-corrected chi connectivity index (χ2v) is 4.58. The van der Waals surface area contributed by atoms with Gasteiger partial charge in [0.1, 0.15) is 0 Å². The van der Waals surface area contributed by atoms with E-state index in [0.717, 1.165) is 17.9 Å². The van der Waals surface area contributed by atoms with Crippen molar-refractivity contribution in [1.82, 2.24) is 4.98 Å². The Morgan fingerprint density at radius 1 is 1.67 bits per heavy atom. The number of carboxylic acids is 1. The minimum absolute atomic E-state index is 0.293. The predicted octanol–water partition coefficient (Wildman–Crippen LogP) is 1.70. The molecule has 1 atom stereocenters. The summed E-state index contributed by atoms with van der Waals surface area (Å²) in [7, 11) is 0. The van der Waals surface area contributed by atoms with Gasteiger partial charge in [-0.05, 0) is 18.2 Å². The average molecular weight is 224 g/mol. The predicted molar refractivity (Wildman–Crippen MR) is 60.5 cm³/mol. The first kappa shape index (κ1) is 10.3. The molecule has 2 heterocycles. The first-order valence-corrected chi connectivity index (χ1v) is 5.94. The van der Waals surface area contributed by atoms with E-state index >= 15 is 0 Å². The molecule has 0 spiro atoms. The first-order chi connectivity index (χ1) is 7.27. The molecular weight excluding hydrogens is 212 g/mol. The number of anilines is 1. The van der Waals surface area contributed by atoms with Crippen LogP contribution in [0.1, 0.15) is 16.8 Å². The van der Waals surface area contributed by atoms with E-state index in [0.29, 0.717) is 17.3 Å². The maximum atomic E-state index is 10.9. The summed E-state index contributed by atoms with van der Waals surface area (Å²) in [6, 6.07) is 1.89. The van der Waals surface area contributed by atoms with Gasteiger partial charge in [-0.15, -0.1) is 0 Å². The van der Waals surface area contributed by atoms with Crippen LogP contribution in [-0.2, 0) is 0 Å². The van der Waals surface area contributed by atoms with Crippen molar-refractivity contribution in [1.29, 1.82) is 0 Å². The van der Waals surface area contributed by atoms with Crippen molar-refractivity contribution in [2.24, 2.45) is 0 Å². The number of carbonyl (C=O) groups is 1. The Morgan fingerprint density at radius 3 is 3.20 bits per heavy atom. The van der Waals surface area contributed by atoms with Crippen LogP contribution >= 0.6 is 11.8 Å². The second kappa shape index (κ2) is 4.53. The quantitative estimate of drug-likeness (QED) is 0.818. The maximum absolute atomic E-state index is 10.9. The number of thioether (sulfide) groups is 1. The number of carboxylic acid groups (broad SMARTS) is 1. The molecule has 1 aliphatic heterocycles. The Kier molecular flexibility index (Phi) is 3.11. The third-order valence-corrected chi connectivity index (χ3v) is 3.50. The van der Waals surface area contributed by atoms with E-state index in [2.05, 4.69) is 10.3 Å². The number of nitrogens with one attached hydrogen (secondary N) is 1. The van der Waals surface area contributed by atoms with Crippen LogP contribution in [0.5, 0.6) is 0 Å². The van der Waals surface area contributed by atoms with Crippen molar-refractivity contribution in [3.8, 4) is 0 Å². The van der Waals surface area contributed by atoms with Gasteiger partial charge in [-0.2, -0.15) is 11.8 Å². The Hall–Kier alpha value is -1.23. The molecule has 2 rings (SSSR count). The van der Waals surface area contributed by atoms with Crippen LogP contribution in [0.25, 0.3) is 0 Å². The normalized spacial score (nSPS) is 20.1. The number of nitrogens with zero attached hydrogens (tertiary/aromatic N) is 1. The zero-order valence-electron chi connectivity index (χ0n) is 8.14. The SMILES string of the molecule is O=C(O)c1ccncc1NC1CCSC1. The molecular formula is C10H12N2O2S. The standard InChI is InChI=1S/C10H12N2O2S/c13-10(14)8-1-3-11-5-9(8)12-7-2-4-15-6-7/h1,3,5,7,12H,2,4,6H2,(H,13,14). The summed E-state index contributed by atoms with van der Waals surface area (Å²) in [6.45, 7) is 0. The van der Waals surface area contributed by atoms with Crippen molar-refractivity contribution in [3.63, 3.8) is 0 Å². The molecule has 0 radical (unpaired) electrons. The lowest BCUT2D eigenvalue weighted by molar-refractivity contribution is 0.0698. The minimum Gasteiger partial charge on any atom is -0.478 e. The molecule has 15 heavy (non-hydrogen) atoms. The molecule has 1 aromatic rings. The lowest BCUT2D eigenvalue weighted by Gasteiger charge is -2.14. The van der Waals surface area contributed by atoms with Crippen LogP contribution in [-0.4, -0.2) is 33.6 Å². The molecule has 0 amide bonds. The minimum atomic E-state index is -0.912. The molecule has 5 heteroatoms. The third-order valence-electron chi connectivity index (χ3n) is 2.34. The van der Waals surface area contributed by atoms with Crippen LogP contribution < -0.4 is 5.32 Å². The molecule has 0 aliphatic carbocycles. The fourth-order valence-electron chi connectivity index (χ4n) is 1.56. The molecule has 1 saturated heterocycles.